The maximum Gasteiger partial charge on any atom is 0.457 e. The van der Waals surface area contributed by atoms with Gasteiger partial charge in [0.15, 0.2) is 0 Å². The summed E-state index contributed by atoms with van der Waals surface area (Å²) in [5.41, 5.74) is -6.00. The fourth-order valence-corrected chi connectivity index (χ4v) is 0.755. The largest absolute Gasteiger partial charge is 0.457 e. The average Bonchev–Trinajstić information content (AvgIpc) is 2.10. The van der Waals surface area contributed by atoms with E-state index in [-0.39, 0.29) is 0 Å². The molecule has 1 nitrogen and oxygen atoms in total. The third-order valence-electron chi connectivity index (χ3n) is 1.63. The summed E-state index contributed by atoms with van der Waals surface area (Å²) in [6.45, 7) is 0. The quantitative estimate of drug-likeness (QED) is 0.439. The van der Waals surface area contributed by atoms with Crippen molar-refractivity contribution in [3.8, 4) is 0 Å². The van der Waals surface area contributed by atoms with Crippen molar-refractivity contribution in [2.75, 3.05) is 0 Å². The normalized spacial score (nSPS) is 18.2. The fraction of sp³-hybridized carbons (Fsp3) is 0.571. The summed E-state index contributed by atoms with van der Waals surface area (Å²) in [6.07, 6.45) is -15.5. The molecule has 100 valence electrons. The van der Waals surface area contributed by atoms with Crippen molar-refractivity contribution in [2.24, 2.45) is 0 Å². The Hall–Kier alpha value is -1.22. The standard InChI is InChI=1S/C7H3F9O/c8-4(2-1-3-17,6(11,12)13)5(9,10)7(14,15)16/h1-3H. The Labute approximate surface area is 87.9 Å². The van der Waals surface area contributed by atoms with Crippen LogP contribution in [0.3, 0.4) is 0 Å². The second-order valence-electron chi connectivity index (χ2n) is 2.78. The molecule has 17 heavy (non-hydrogen) atoms. The minimum absolute atomic E-state index is 0.423. The van der Waals surface area contributed by atoms with Gasteiger partial charge in [0.05, 0.1) is 0 Å². The monoisotopic (exact) mass is 274 g/mol. The van der Waals surface area contributed by atoms with Crippen LogP contribution in [0.1, 0.15) is 0 Å². The maximum absolute atomic E-state index is 12.9. The van der Waals surface area contributed by atoms with E-state index in [0.29, 0.717) is 0 Å². The lowest BCUT2D eigenvalue weighted by Crippen LogP contribution is -2.61. The zero-order valence-corrected chi connectivity index (χ0v) is 7.54. The smallest absolute Gasteiger partial charge is 0.299 e. The summed E-state index contributed by atoms with van der Waals surface area (Å²) >= 11 is 0. The third-order valence-corrected chi connectivity index (χ3v) is 1.63. The van der Waals surface area contributed by atoms with Gasteiger partial charge < -0.3 is 0 Å². The molecule has 1 unspecified atom stereocenters. The highest BCUT2D eigenvalue weighted by molar-refractivity contribution is 5.65. The van der Waals surface area contributed by atoms with Crippen LogP contribution in [0.2, 0.25) is 0 Å². The first-order valence-corrected chi connectivity index (χ1v) is 3.64. The number of carbonyl (C=O) groups is 1. The molecule has 0 saturated heterocycles. The highest BCUT2D eigenvalue weighted by Crippen LogP contribution is 2.53. The van der Waals surface area contributed by atoms with Crippen LogP contribution in [0.4, 0.5) is 39.5 Å². The van der Waals surface area contributed by atoms with Gasteiger partial charge >= 0.3 is 18.3 Å². The highest BCUT2D eigenvalue weighted by atomic mass is 19.4. The minimum atomic E-state index is -6.76. The number of aldehydes is 1. The number of hydrogen-bond donors (Lipinski definition) is 0. The predicted octanol–water partition coefficient (Wildman–Crippen LogP) is 3.21. The third kappa shape index (κ3) is 2.55. The number of halogens is 9. The van der Waals surface area contributed by atoms with E-state index in [2.05, 4.69) is 0 Å². The Morgan fingerprint density at radius 1 is 0.706 bits per heavy atom. The minimum Gasteiger partial charge on any atom is -0.299 e. The summed E-state index contributed by atoms with van der Waals surface area (Å²) in [6, 6.07) is 0. The lowest BCUT2D eigenvalue weighted by Gasteiger charge is -2.33. The van der Waals surface area contributed by atoms with Crippen molar-refractivity contribution in [2.45, 2.75) is 23.9 Å². The Kier molecular flexibility index (Phi) is 3.92. The van der Waals surface area contributed by atoms with E-state index in [0.717, 1.165) is 0 Å². The first kappa shape index (κ1) is 15.8. The van der Waals surface area contributed by atoms with Crippen molar-refractivity contribution in [1.82, 2.24) is 0 Å². The highest BCUT2D eigenvalue weighted by Gasteiger charge is 2.80. The SMILES string of the molecule is O=CC=CC(F)(C(F)(F)F)C(F)(F)C(F)(F)F. The van der Waals surface area contributed by atoms with Crippen LogP contribution in [-0.2, 0) is 4.79 Å². The predicted molar refractivity (Wildman–Crippen MR) is 36.1 cm³/mol. The van der Waals surface area contributed by atoms with Crippen molar-refractivity contribution in [1.29, 1.82) is 0 Å². The molecular weight excluding hydrogens is 271 g/mol. The molecule has 0 radical (unpaired) electrons. The molecule has 0 fully saturated rings. The molecule has 0 aromatic heterocycles. The molecule has 0 aliphatic heterocycles. The molecule has 10 heteroatoms. The maximum atomic E-state index is 12.9. The van der Waals surface area contributed by atoms with E-state index in [4.69, 9.17) is 0 Å². The number of alkyl halides is 9. The Balaban J connectivity index is 5.81. The first-order valence-electron chi connectivity index (χ1n) is 3.64. The molecule has 1 atom stereocenters. The summed E-state index contributed by atoms with van der Waals surface area (Å²) < 4.78 is 109. The van der Waals surface area contributed by atoms with E-state index < -0.39 is 42.4 Å². The zero-order valence-electron chi connectivity index (χ0n) is 7.54. The molecule has 0 amide bonds. The molecule has 0 aliphatic carbocycles. The van der Waals surface area contributed by atoms with Crippen LogP contribution in [0, 0.1) is 0 Å². The summed E-state index contributed by atoms with van der Waals surface area (Å²) in [7, 11) is 0. The van der Waals surface area contributed by atoms with E-state index in [9.17, 15) is 44.3 Å². The van der Waals surface area contributed by atoms with E-state index in [1.807, 2.05) is 0 Å². The molecule has 0 rings (SSSR count). The van der Waals surface area contributed by atoms with Gasteiger partial charge in [0.25, 0.3) is 5.67 Å². The molecule has 0 aromatic carbocycles. The Morgan fingerprint density at radius 2 is 1.12 bits per heavy atom. The Morgan fingerprint density at radius 3 is 1.35 bits per heavy atom. The van der Waals surface area contributed by atoms with Crippen LogP contribution in [0.15, 0.2) is 12.2 Å². The van der Waals surface area contributed by atoms with Gasteiger partial charge in [-0.3, -0.25) is 4.79 Å². The van der Waals surface area contributed by atoms with Crippen LogP contribution < -0.4 is 0 Å². The topological polar surface area (TPSA) is 17.1 Å². The first-order chi connectivity index (χ1) is 7.31. The zero-order chi connectivity index (χ0) is 14.1. The average molecular weight is 274 g/mol. The molecule has 0 spiro atoms. The molecule has 0 aromatic rings. The van der Waals surface area contributed by atoms with Gasteiger partial charge in [-0.1, -0.05) is 0 Å². The number of carbonyl (C=O) groups excluding carboxylic acids is 1. The summed E-state index contributed by atoms with van der Waals surface area (Å²) in [5, 5.41) is 0. The van der Waals surface area contributed by atoms with Crippen LogP contribution in [-0.4, -0.2) is 30.2 Å². The second kappa shape index (κ2) is 4.22. The van der Waals surface area contributed by atoms with Gasteiger partial charge in [0.2, 0.25) is 0 Å². The number of hydrogen-bond acceptors (Lipinski definition) is 1. The fourth-order valence-electron chi connectivity index (χ4n) is 0.755. The number of rotatable bonds is 3. The van der Waals surface area contributed by atoms with Gasteiger partial charge in [-0.2, -0.15) is 35.1 Å². The van der Waals surface area contributed by atoms with E-state index in [1.54, 1.807) is 0 Å². The van der Waals surface area contributed by atoms with Gasteiger partial charge in [0.1, 0.15) is 6.29 Å². The molecular formula is C7H3F9O. The lowest BCUT2D eigenvalue weighted by molar-refractivity contribution is -0.369. The van der Waals surface area contributed by atoms with Gasteiger partial charge in [-0.05, 0) is 12.2 Å². The molecule has 0 saturated carbocycles. The van der Waals surface area contributed by atoms with Crippen molar-refractivity contribution in [3.05, 3.63) is 12.2 Å². The van der Waals surface area contributed by atoms with E-state index >= 15 is 0 Å². The molecule has 0 bridgehead atoms. The Bertz CT molecular complexity index is 312. The van der Waals surface area contributed by atoms with Gasteiger partial charge in [-0.15, -0.1) is 0 Å². The van der Waals surface area contributed by atoms with Crippen LogP contribution in [0.5, 0.6) is 0 Å². The van der Waals surface area contributed by atoms with Gasteiger partial charge in [-0.25, -0.2) is 4.39 Å². The van der Waals surface area contributed by atoms with E-state index in [1.165, 1.54) is 0 Å². The summed E-state index contributed by atoms with van der Waals surface area (Å²) in [4.78, 5) is 9.61. The number of allylic oxidation sites excluding steroid dienone is 2. The van der Waals surface area contributed by atoms with Crippen molar-refractivity contribution < 1.29 is 44.3 Å². The van der Waals surface area contributed by atoms with Crippen molar-refractivity contribution >= 4 is 6.29 Å². The molecule has 0 aliphatic rings. The summed E-state index contributed by atoms with van der Waals surface area (Å²) in [5.74, 6) is -6.71. The van der Waals surface area contributed by atoms with Crippen molar-refractivity contribution in [3.63, 3.8) is 0 Å². The van der Waals surface area contributed by atoms with Crippen LogP contribution in [0.25, 0.3) is 0 Å². The van der Waals surface area contributed by atoms with Crippen LogP contribution >= 0.6 is 0 Å². The van der Waals surface area contributed by atoms with Gasteiger partial charge in [0, 0.05) is 0 Å². The molecule has 0 N–H and O–H groups in total. The lowest BCUT2D eigenvalue weighted by atomic mass is 9.95. The second-order valence-corrected chi connectivity index (χ2v) is 2.78. The molecule has 0 heterocycles.